The highest BCUT2D eigenvalue weighted by Crippen LogP contribution is 2.23. The summed E-state index contributed by atoms with van der Waals surface area (Å²) in [4.78, 5) is 18.0. The van der Waals surface area contributed by atoms with Gasteiger partial charge in [-0.2, -0.15) is 0 Å². The zero-order valence-corrected chi connectivity index (χ0v) is 18.1. The number of para-hydroxylation sites is 1. The molecular formula is C22H13Cl2IN2O. The number of aromatic nitrogens is 2. The molecule has 0 fully saturated rings. The van der Waals surface area contributed by atoms with Crippen LogP contribution in [-0.2, 0) is 0 Å². The van der Waals surface area contributed by atoms with Crippen LogP contribution in [0.2, 0.25) is 10.0 Å². The van der Waals surface area contributed by atoms with Crippen molar-refractivity contribution < 1.29 is 0 Å². The SMILES string of the molecule is O=c1c2cc(I)ccc2nc(/C=C/c2ccc(Cl)cc2)n1-c1ccccc1Cl. The molecule has 1 aromatic heterocycles. The van der Waals surface area contributed by atoms with Crippen LogP contribution < -0.4 is 5.56 Å². The van der Waals surface area contributed by atoms with E-state index in [1.807, 2.05) is 72.8 Å². The number of benzene rings is 3. The van der Waals surface area contributed by atoms with Crippen LogP contribution in [0.25, 0.3) is 28.7 Å². The number of nitrogens with zero attached hydrogens (tertiary/aromatic N) is 2. The summed E-state index contributed by atoms with van der Waals surface area (Å²) in [6, 6.07) is 20.3. The molecule has 0 N–H and O–H groups in total. The first kappa shape index (κ1) is 19.2. The van der Waals surface area contributed by atoms with Crippen LogP contribution in [0.5, 0.6) is 0 Å². The van der Waals surface area contributed by atoms with Crippen molar-refractivity contribution >= 4 is 68.8 Å². The standard InChI is InChI=1S/C22H13Cl2IN2O/c23-15-8-5-14(6-9-15)7-12-21-26-19-11-10-16(25)13-17(19)22(28)27(21)20-4-2-1-3-18(20)24/h1-13H/b12-7+. The Morgan fingerprint density at radius 1 is 0.929 bits per heavy atom. The molecular weight excluding hydrogens is 506 g/mol. The second-order valence-corrected chi connectivity index (χ2v) is 8.20. The molecule has 4 rings (SSSR count). The molecule has 0 aliphatic heterocycles. The average Bonchev–Trinajstić information content (AvgIpc) is 2.69. The van der Waals surface area contributed by atoms with E-state index in [2.05, 4.69) is 22.6 Å². The quantitative estimate of drug-likeness (QED) is 0.291. The topological polar surface area (TPSA) is 34.9 Å². The van der Waals surface area contributed by atoms with Crippen molar-refractivity contribution in [2.45, 2.75) is 0 Å². The third-order valence-corrected chi connectivity index (χ3v) is 5.49. The molecule has 0 amide bonds. The highest BCUT2D eigenvalue weighted by molar-refractivity contribution is 14.1. The first-order valence-corrected chi connectivity index (χ1v) is 10.3. The lowest BCUT2D eigenvalue weighted by atomic mass is 10.2. The second-order valence-electron chi connectivity index (χ2n) is 6.11. The largest absolute Gasteiger partial charge is 0.268 e. The maximum atomic E-state index is 13.3. The summed E-state index contributed by atoms with van der Waals surface area (Å²) in [5.41, 5.74) is 2.03. The van der Waals surface area contributed by atoms with Crippen LogP contribution in [0.4, 0.5) is 0 Å². The molecule has 0 radical (unpaired) electrons. The first-order valence-electron chi connectivity index (χ1n) is 8.44. The van der Waals surface area contributed by atoms with Crippen LogP contribution in [0.3, 0.4) is 0 Å². The Bertz CT molecular complexity index is 1260. The van der Waals surface area contributed by atoms with Crippen molar-refractivity contribution in [3.05, 3.63) is 102 Å². The van der Waals surface area contributed by atoms with E-state index >= 15 is 0 Å². The van der Waals surface area contributed by atoms with Gasteiger partial charge in [-0.05, 0) is 76.7 Å². The highest BCUT2D eigenvalue weighted by Gasteiger charge is 2.13. The normalized spacial score (nSPS) is 11.4. The minimum absolute atomic E-state index is 0.160. The first-order chi connectivity index (χ1) is 13.5. The number of fused-ring (bicyclic) bond motifs is 1. The fraction of sp³-hybridized carbons (Fsp3) is 0. The van der Waals surface area contributed by atoms with Gasteiger partial charge in [0.15, 0.2) is 0 Å². The monoisotopic (exact) mass is 518 g/mol. The van der Waals surface area contributed by atoms with Crippen molar-refractivity contribution in [1.29, 1.82) is 0 Å². The van der Waals surface area contributed by atoms with Crippen molar-refractivity contribution in [1.82, 2.24) is 9.55 Å². The van der Waals surface area contributed by atoms with Crippen LogP contribution in [0.15, 0.2) is 71.5 Å². The Balaban J connectivity index is 1.97. The Morgan fingerprint density at radius 3 is 2.43 bits per heavy atom. The Labute approximate surface area is 185 Å². The van der Waals surface area contributed by atoms with E-state index in [1.165, 1.54) is 0 Å². The molecule has 0 bridgehead atoms. The lowest BCUT2D eigenvalue weighted by molar-refractivity contribution is 0.944. The Morgan fingerprint density at radius 2 is 1.68 bits per heavy atom. The average molecular weight is 519 g/mol. The van der Waals surface area contributed by atoms with Crippen molar-refractivity contribution in [2.24, 2.45) is 0 Å². The third kappa shape index (κ3) is 3.85. The third-order valence-electron chi connectivity index (χ3n) is 4.24. The van der Waals surface area contributed by atoms with Gasteiger partial charge in [-0.25, -0.2) is 4.98 Å². The van der Waals surface area contributed by atoms with Crippen LogP contribution >= 0.6 is 45.8 Å². The van der Waals surface area contributed by atoms with Gasteiger partial charge in [0.2, 0.25) is 0 Å². The van der Waals surface area contributed by atoms with E-state index in [9.17, 15) is 4.79 Å². The smallest absolute Gasteiger partial charge is 0.266 e. The van der Waals surface area contributed by atoms with E-state index in [1.54, 1.807) is 10.6 Å². The van der Waals surface area contributed by atoms with Gasteiger partial charge in [0.05, 0.1) is 21.6 Å². The molecule has 0 aliphatic carbocycles. The molecule has 0 spiro atoms. The van der Waals surface area contributed by atoms with E-state index in [0.717, 1.165) is 9.13 Å². The van der Waals surface area contributed by atoms with Gasteiger partial charge in [-0.3, -0.25) is 9.36 Å². The molecule has 1 heterocycles. The summed E-state index contributed by atoms with van der Waals surface area (Å²) in [7, 11) is 0. The van der Waals surface area contributed by atoms with Crippen molar-refractivity contribution in [3.8, 4) is 5.69 Å². The molecule has 4 aromatic rings. The number of halogens is 3. The molecule has 0 saturated carbocycles. The number of rotatable bonds is 3. The maximum Gasteiger partial charge on any atom is 0.266 e. The Kier molecular flexibility index (Phi) is 5.53. The van der Waals surface area contributed by atoms with Crippen LogP contribution in [0.1, 0.15) is 11.4 Å². The summed E-state index contributed by atoms with van der Waals surface area (Å²) in [5, 5.41) is 1.71. The Hall–Kier alpha value is -2.15. The van der Waals surface area contributed by atoms with Gasteiger partial charge in [0.1, 0.15) is 5.82 Å². The van der Waals surface area contributed by atoms with Gasteiger partial charge in [0.25, 0.3) is 5.56 Å². The van der Waals surface area contributed by atoms with Gasteiger partial charge < -0.3 is 0 Å². The van der Waals surface area contributed by atoms with Crippen LogP contribution in [-0.4, -0.2) is 9.55 Å². The molecule has 0 unspecified atom stereocenters. The summed E-state index contributed by atoms with van der Waals surface area (Å²) < 4.78 is 2.52. The lowest BCUT2D eigenvalue weighted by Crippen LogP contribution is -2.22. The lowest BCUT2D eigenvalue weighted by Gasteiger charge is -2.13. The van der Waals surface area contributed by atoms with E-state index in [4.69, 9.17) is 28.2 Å². The molecule has 0 saturated heterocycles. The minimum Gasteiger partial charge on any atom is -0.268 e. The predicted octanol–water partition coefficient (Wildman–Crippen LogP) is 6.47. The van der Waals surface area contributed by atoms with Crippen molar-refractivity contribution in [3.63, 3.8) is 0 Å². The van der Waals surface area contributed by atoms with Gasteiger partial charge in [-0.1, -0.05) is 53.5 Å². The number of hydrogen-bond donors (Lipinski definition) is 0. The molecule has 3 nitrogen and oxygen atoms in total. The summed E-state index contributed by atoms with van der Waals surface area (Å²) in [5.74, 6) is 0.502. The zero-order valence-electron chi connectivity index (χ0n) is 14.4. The van der Waals surface area contributed by atoms with E-state index in [-0.39, 0.29) is 5.56 Å². The van der Waals surface area contributed by atoms with Gasteiger partial charge in [0, 0.05) is 8.59 Å². The fourth-order valence-corrected chi connectivity index (χ4v) is 3.73. The fourth-order valence-electron chi connectivity index (χ4n) is 2.90. The van der Waals surface area contributed by atoms with Gasteiger partial charge in [-0.15, -0.1) is 0 Å². The summed E-state index contributed by atoms with van der Waals surface area (Å²) in [6.45, 7) is 0. The second kappa shape index (κ2) is 8.07. The molecule has 0 atom stereocenters. The molecule has 138 valence electrons. The highest BCUT2D eigenvalue weighted by atomic mass is 127. The van der Waals surface area contributed by atoms with Crippen LogP contribution in [0, 0.1) is 3.57 Å². The van der Waals surface area contributed by atoms with Gasteiger partial charge >= 0.3 is 0 Å². The number of hydrogen-bond acceptors (Lipinski definition) is 2. The van der Waals surface area contributed by atoms with Crippen molar-refractivity contribution in [2.75, 3.05) is 0 Å². The maximum absolute atomic E-state index is 13.3. The van der Waals surface area contributed by atoms with E-state index in [0.29, 0.717) is 32.5 Å². The molecule has 3 aromatic carbocycles. The predicted molar refractivity (Wildman–Crippen MR) is 125 cm³/mol. The van der Waals surface area contributed by atoms with E-state index < -0.39 is 0 Å². The zero-order chi connectivity index (χ0) is 19.7. The summed E-state index contributed by atoms with van der Waals surface area (Å²) in [6.07, 6.45) is 3.70. The molecule has 6 heteroatoms. The minimum atomic E-state index is -0.160. The summed E-state index contributed by atoms with van der Waals surface area (Å²) >= 11 is 14.5. The molecule has 28 heavy (non-hydrogen) atoms. The molecule has 0 aliphatic rings.